The first-order valence-electron chi connectivity index (χ1n) is 10.4. The van der Waals surface area contributed by atoms with Gasteiger partial charge in [-0.25, -0.2) is 8.42 Å². The summed E-state index contributed by atoms with van der Waals surface area (Å²) in [6, 6.07) is 12.9. The molecule has 0 radical (unpaired) electrons. The molecule has 0 fully saturated rings. The molecule has 13 heteroatoms. The van der Waals surface area contributed by atoms with E-state index in [1.54, 1.807) is 53.2 Å². The molecule has 4 N–H and O–H groups in total. The van der Waals surface area contributed by atoms with Gasteiger partial charge >= 0.3 is 6.61 Å². The average Bonchev–Trinajstić information content (AvgIpc) is 3.49. The van der Waals surface area contributed by atoms with Crippen molar-refractivity contribution in [1.82, 2.24) is 15.5 Å². The lowest BCUT2D eigenvalue weighted by molar-refractivity contribution is -0.0518. The zero-order valence-corrected chi connectivity index (χ0v) is 19.8. The number of benzene rings is 2. The Hall–Kier alpha value is -3.26. The van der Waals surface area contributed by atoms with Gasteiger partial charge < -0.3 is 19.9 Å². The molecule has 0 saturated carbocycles. The topological polar surface area (TPSA) is 126 Å². The SMILES string of the molecule is O=S(=O)(Nc1cccc([C@@H](O)CNCCOc2ccc3c(OC(F)F)n[nH]c3c2)c1)c1ccsc1. The number of sulfonamides is 1. The van der Waals surface area contributed by atoms with Crippen LogP contribution in [-0.4, -0.2) is 50.0 Å². The molecule has 0 aliphatic rings. The Morgan fingerprint density at radius 1 is 1.17 bits per heavy atom. The average molecular weight is 525 g/mol. The molecule has 0 bridgehead atoms. The van der Waals surface area contributed by atoms with Gasteiger partial charge in [-0.15, -0.1) is 5.10 Å². The second-order valence-corrected chi connectivity index (χ2v) is 9.84. The van der Waals surface area contributed by atoms with Crippen LogP contribution in [0.2, 0.25) is 0 Å². The van der Waals surface area contributed by atoms with Gasteiger partial charge in [0.05, 0.1) is 21.9 Å². The van der Waals surface area contributed by atoms with E-state index in [2.05, 4.69) is 25.0 Å². The first-order chi connectivity index (χ1) is 16.8. The van der Waals surface area contributed by atoms with Crippen molar-refractivity contribution in [2.24, 2.45) is 0 Å². The van der Waals surface area contributed by atoms with Crippen molar-refractivity contribution < 1.29 is 31.8 Å². The van der Waals surface area contributed by atoms with Gasteiger partial charge in [-0.2, -0.15) is 20.1 Å². The molecule has 9 nitrogen and oxygen atoms in total. The van der Waals surface area contributed by atoms with Crippen molar-refractivity contribution in [3.8, 4) is 11.6 Å². The number of rotatable bonds is 12. The van der Waals surface area contributed by atoms with E-state index in [1.165, 1.54) is 17.4 Å². The summed E-state index contributed by atoms with van der Waals surface area (Å²) in [5.41, 5.74) is 1.40. The number of anilines is 1. The van der Waals surface area contributed by atoms with Crippen LogP contribution < -0.4 is 19.5 Å². The Morgan fingerprint density at radius 3 is 2.80 bits per heavy atom. The number of aliphatic hydroxyl groups excluding tert-OH is 1. The third kappa shape index (κ3) is 6.45. The number of H-pyrrole nitrogens is 1. The Balaban J connectivity index is 1.24. The maximum absolute atomic E-state index is 12.4. The standard InChI is InChI=1S/C22H22F2N4O5S2/c23-22(24)33-21-18-5-4-16(11-19(18)26-27-21)32-8-7-25-12-20(29)14-2-1-3-15(10-14)28-35(30,31)17-6-9-34-13-17/h1-6,9-11,13,20,22,25,28-29H,7-8,12H2,(H,26,27)/t20-/m0/s1. The van der Waals surface area contributed by atoms with Gasteiger partial charge in [-0.3, -0.25) is 9.82 Å². The van der Waals surface area contributed by atoms with E-state index in [-0.39, 0.29) is 23.9 Å². The van der Waals surface area contributed by atoms with Crippen molar-refractivity contribution in [2.45, 2.75) is 17.6 Å². The second-order valence-electron chi connectivity index (χ2n) is 7.37. The monoisotopic (exact) mass is 524 g/mol. The number of fused-ring (bicyclic) bond motifs is 1. The van der Waals surface area contributed by atoms with Crippen molar-refractivity contribution in [1.29, 1.82) is 0 Å². The predicted molar refractivity (Wildman–Crippen MR) is 128 cm³/mol. The molecule has 4 aromatic rings. The van der Waals surface area contributed by atoms with Gasteiger partial charge in [0.2, 0.25) is 5.88 Å². The van der Waals surface area contributed by atoms with Crippen molar-refractivity contribution in [3.05, 3.63) is 64.9 Å². The van der Waals surface area contributed by atoms with Gasteiger partial charge in [-0.1, -0.05) is 12.1 Å². The van der Waals surface area contributed by atoms with Crippen LogP contribution in [0.5, 0.6) is 11.6 Å². The summed E-state index contributed by atoms with van der Waals surface area (Å²) >= 11 is 1.29. The maximum atomic E-state index is 12.4. The van der Waals surface area contributed by atoms with Gasteiger partial charge in [0, 0.05) is 30.2 Å². The molecule has 0 spiro atoms. The van der Waals surface area contributed by atoms with E-state index in [1.807, 2.05) is 0 Å². The van der Waals surface area contributed by atoms with E-state index < -0.39 is 22.7 Å². The Labute approximate surface area is 203 Å². The number of nitrogens with zero attached hydrogens (tertiary/aromatic N) is 1. The molecule has 0 unspecified atom stereocenters. The fourth-order valence-corrected chi connectivity index (χ4v) is 5.34. The fraction of sp³-hybridized carbons (Fsp3) is 0.227. The summed E-state index contributed by atoms with van der Waals surface area (Å²) in [5, 5.41) is 23.5. The van der Waals surface area contributed by atoms with E-state index in [0.717, 1.165) is 0 Å². The lowest BCUT2D eigenvalue weighted by Crippen LogP contribution is -2.26. The molecule has 4 rings (SSSR count). The number of thiophene rings is 1. The highest BCUT2D eigenvalue weighted by molar-refractivity contribution is 7.92. The summed E-state index contributed by atoms with van der Waals surface area (Å²) in [4.78, 5) is 0.184. The van der Waals surface area contributed by atoms with Gasteiger partial charge in [0.25, 0.3) is 10.0 Å². The van der Waals surface area contributed by atoms with Crippen LogP contribution in [0.1, 0.15) is 11.7 Å². The number of alkyl halides is 2. The third-order valence-corrected chi connectivity index (χ3v) is 7.13. The quantitative estimate of drug-likeness (QED) is 0.208. The summed E-state index contributed by atoms with van der Waals surface area (Å²) in [6.07, 6.45) is -0.866. The second kappa shape index (κ2) is 11.0. The van der Waals surface area contributed by atoms with Gasteiger partial charge in [-0.05, 0) is 41.3 Å². The number of aromatic nitrogens is 2. The molecule has 1 atom stereocenters. The van der Waals surface area contributed by atoms with Gasteiger partial charge in [0.1, 0.15) is 12.4 Å². The molecule has 0 aliphatic carbocycles. The summed E-state index contributed by atoms with van der Waals surface area (Å²) in [7, 11) is -3.68. The minimum atomic E-state index is -3.68. The molecular weight excluding hydrogens is 502 g/mol. The highest BCUT2D eigenvalue weighted by Crippen LogP contribution is 2.27. The van der Waals surface area contributed by atoms with Crippen molar-refractivity contribution in [2.75, 3.05) is 24.4 Å². The number of ether oxygens (including phenoxy) is 2. The van der Waals surface area contributed by atoms with E-state index in [0.29, 0.717) is 34.4 Å². The smallest absolute Gasteiger partial charge is 0.388 e. The minimum absolute atomic E-state index is 0.180. The molecule has 0 saturated heterocycles. The van der Waals surface area contributed by atoms with Crippen LogP contribution in [0.25, 0.3) is 10.9 Å². The number of halogens is 2. The first kappa shape index (κ1) is 24.9. The van der Waals surface area contributed by atoms with Crippen LogP contribution in [0.15, 0.2) is 64.2 Å². The molecule has 35 heavy (non-hydrogen) atoms. The normalized spacial score (nSPS) is 12.7. The summed E-state index contributed by atoms with van der Waals surface area (Å²) in [5.74, 6) is 0.332. The molecule has 2 aromatic heterocycles. The van der Waals surface area contributed by atoms with Gasteiger partial charge in [0.15, 0.2) is 0 Å². The van der Waals surface area contributed by atoms with Crippen molar-refractivity contribution in [3.63, 3.8) is 0 Å². The number of aliphatic hydroxyl groups is 1. The fourth-order valence-electron chi connectivity index (χ4n) is 3.26. The molecule has 0 aliphatic heterocycles. The maximum Gasteiger partial charge on any atom is 0.388 e. The predicted octanol–water partition coefficient (Wildman–Crippen LogP) is 3.73. The minimum Gasteiger partial charge on any atom is -0.492 e. The number of nitrogens with one attached hydrogen (secondary N) is 3. The molecule has 0 amide bonds. The zero-order chi connectivity index (χ0) is 24.8. The van der Waals surface area contributed by atoms with E-state index in [4.69, 9.17) is 4.74 Å². The largest absolute Gasteiger partial charge is 0.492 e. The third-order valence-electron chi connectivity index (χ3n) is 4.91. The summed E-state index contributed by atoms with van der Waals surface area (Å²) < 4.78 is 62.1. The highest BCUT2D eigenvalue weighted by atomic mass is 32.2. The molecule has 186 valence electrons. The molecular formula is C22H22F2N4O5S2. The molecule has 2 aromatic carbocycles. The highest BCUT2D eigenvalue weighted by Gasteiger charge is 2.16. The lowest BCUT2D eigenvalue weighted by Gasteiger charge is -2.14. The van der Waals surface area contributed by atoms with E-state index in [9.17, 15) is 22.3 Å². The first-order valence-corrected chi connectivity index (χ1v) is 12.8. The number of hydrogen-bond donors (Lipinski definition) is 4. The Morgan fingerprint density at radius 2 is 2.03 bits per heavy atom. The Kier molecular flexibility index (Phi) is 7.80. The lowest BCUT2D eigenvalue weighted by atomic mass is 10.1. The Bertz CT molecular complexity index is 1360. The van der Waals surface area contributed by atoms with Crippen LogP contribution in [0.4, 0.5) is 14.5 Å². The van der Waals surface area contributed by atoms with Crippen LogP contribution in [0, 0.1) is 0 Å². The number of hydrogen-bond acceptors (Lipinski definition) is 8. The summed E-state index contributed by atoms with van der Waals surface area (Å²) in [6.45, 7) is -2.04. The number of aromatic amines is 1. The van der Waals surface area contributed by atoms with Crippen LogP contribution in [0.3, 0.4) is 0 Å². The van der Waals surface area contributed by atoms with E-state index >= 15 is 0 Å². The zero-order valence-electron chi connectivity index (χ0n) is 18.1. The molecule has 2 heterocycles. The van der Waals surface area contributed by atoms with Crippen LogP contribution >= 0.6 is 11.3 Å². The van der Waals surface area contributed by atoms with Crippen LogP contribution in [-0.2, 0) is 10.0 Å². The van der Waals surface area contributed by atoms with Crippen molar-refractivity contribution >= 4 is 38.0 Å².